The Bertz CT molecular complexity index is 837. The molecule has 0 radical (unpaired) electrons. The first-order valence-corrected chi connectivity index (χ1v) is 10.1. The predicted molar refractivity (Wildman–Crippen MR) is 117 cm³/mol. The van der Waals surface area contributed by atoms with Crippen molar-refractivity contribution in [3.8, 4) is 17.2 Å². The summed E-state index contributed by atoms with van der Waals surface area (Å²) >= 11 is 0. The largest absolute Gasteiger partial charge is 0.493 e. The molecule has 0 aliphatic rings. The van der Waals surface area contributed by atoms with Crippen molar-refractivity contribution in [2.24, 2.45) is 0 Å². The third-order valence-electron chi connectivity index (χ3n) is 4.60. The molecule has 0 fully saturated rings. The maximum absolute atomic E-state index is 6.02. The van der Waals surface area contributed by atoms with E-state index in [1.54, 1.807) is 7.11 Å². The highest BCUT2D eigenvalue weighted by Gasteiger charge is 2.10. The fraction of sp³-hybridized carbons (Fsp3) is 0.280. The Morgan fingerprint density at radius 1 is 0.759 bits per heavy atom. The van der Waals surface area contributed by atoms with E-state index in [4.69, 9.17) is 14.2 Å². The van der Waals surface area contributed by atoms with E-state index in [1.165, 1.54) is 5.56 Å². The van der Waals surface area contributed by atoms with Crippen LogP contribution in [0.15, 0.2) is 78.9 Å². The molecule has 0 atom stereocenters. The summed E-state index contributed by atoms with van der Waals surface area (Å²) in [7, 11) is 1.67. The molecule has 0 unspecified atom stereocenters. The monoisotopic (exact) mass is 391 g/mol. The molecule has 0 saturated heterocycles. The predicted octanol–water partition coefficient (Wildman–Crippen LogP) is 4.88. The minimum absolute atomic E-state index is 0.455. The molecule has 1 N–H and O–H groups in total. The zero-order valence-corrected chi connectivity index (χ0v) is 17.0. The standard InChI is InChI=1S/C25H29NO3/c1-27-24-16-8-13-22(20-26-17-9-12-21-10-4-2-5-11-21)25(24)29-19-18-28-23-14-6-3-7-15-23/h2-8,10-11,13-16,26H,9,12,17-20H2,1H3. The maximum atomic E-state index is 6.02. The molecule has 3 aromatic carbocycles. The normalized spacial score (nSPS) is 10.5. The van der Waals surface area contributed by atoms with E-state index in [0.29, 0.717) is 13.2 Å². The summed E-state index contributed by atoms with van der Waals surface area (Å²) in [4.78, 5) is 0. The minimum Gasteiger partial charge on any atom is -0.493 e. The molecule has 4 heteroatoms. The Labute approximate surface area is 173 Å². The Kier molecular flexibility index (Phi) is 8.42. The first-order chi connectivity index (χ1) is 14.4. The quantitative estimate of drug-likeness (QED) is 0.447. The second-order valence-corrected chi connectivity index (χ2v) is 6.72. The summed E-state index contributed by atoms with van der Waals surface area (Å²) in [6.45, 7) is 2.62. The molecule has 4 nitrogen and oxygen atoms in total. The zero-order valence-electron chi connectivity index (χ0n) is 17.0. The van der Waals surface area contributed by atoms with Gasteiger partial charge in [0.15, 0.2) is 11.5 Å². The van der Waals surface area contributed by atoms with Gasteiger partial charge in [0.1, 0.15) is 19.0 Å². The maximum Gasteiger partial charge on any atom is 0.165 e. The first-order valence-electron chi connectivity index (χ1n) is 10.1. The topological polar surface area (TPSA) is 39.7 Å². The number of hydrogen-bond acceptors (Lipinski definition) is 4. The average Bonchev–Trinajstić information content (AvgIpc) is 2.78. The third-order valence-corrected chi connectivity index (χ3v) is 4.60. The SMILES string of the molecule is COc1cccc(CNCCCc2ccccc2)c1OCCOc1ccccc1. The van der Waals surface area contributed by atoms with E-state index in [2.05, 4.69) is 41.7 Å². The highest BCUT2D eigenvalue weighted by Crippen LogP contribution is 2.31. The van der Waals surface area contributed by atoms with E-state index in [9.17, 15) is 0 Å². The summed E-state index contributed by atoms with van der Waals surface area (Å²) in [6, 6.07) is 26.3. The Balaban J connectivity index is 1.46. The van der Waals surface area contributed by atoms with Crippen molar-refractivity contribution in [3.63, 3.8) is 0 Å². The van der Waals surface area contributed by atoms with Gasteiger partial charge in [-0.3, -0.25) is 0 Å². The molecule has 0 amide bonds. The highest BCUT2D eigenvalue weighted by molar-refractivity contribution is 5.46. The van der Waals surface area contributed by atoms with Gasteiger partial charge in [-0.2, -0.15) is 0 Å². The molecule has 0 aromatic heterocycles. The smallest absolute Gasteiger partial charge is 0.165 e. The summed E-state index contributed by atoms with van der Waals surface area (Å²) in [5.41, 5.74) is 2.46. The van der Waals surface area contributed by atoms with Crippen molar-refractivity contribution >= 4 is 0 Å². The molecule has 29 heavy (non-hydrogen) atoms. The van der Waals surface area contributed by atoms with Gasteiger partial charge in [-0.15, -0.1) is 0 Å². The minimum atomic E-state index is 0.455. The van der Waals surface area contributed by atoms with Gasteiger partial charge in [0.2, 0.25) is 0 Å². The van der Waals surface area contributed by atoms with Crippen LogP contribution in [0.2, 0.25) is 0 Å². The molecule has 0 spiro atoms. The molecule has 0 heterocycles. The van der Waals surface area contributed by atoms with Gasteiger partial charge in [-0.25, -0.2) is 0 Å². The number of para-hydroxylation sites is 2. The molecule has 3 rings (SSSR count). The van der Waals surface area contributed by atoms with Gasteiger partial charge in [-0.05, 0) is 43.1 Å². The van der Waals surface area contributed by atoms with Crippen molar-refractivity contribution in [1.82, 2.24) is 5.32 Å². The second kappa shape index (κ2) is 11.8. The van der Waals surface area contributed by atoms with Crippen LogP contribution >= 0.6 is 0 Å². The summed E-state index contributed by atoms with van der Waals surface area (Å²) < 4.78 is 17.2. The van der Waals surface area contributed by atoms with Crippen LogP contribution in [0, 0.1) is 0 Å². The van der Waals surface area contributed by atoms with E-state index in [-0.39, 0.29) is 0 Å². The van der Waals surface area contributed by atoms with E-state index < -0.39 is 0 Å². The lowest BCUT2D eigenvalue weighted by molar-refractivity contribution is 0.209. The highest BCUT2D eigenvalue weighted by atomic mass is 16.5. The number of nitrogens with one attached hydrogen (secondary N) is 1. The summed E-state index contributed by atoms with van der Waals surface area (Å²) in [5, 5.41) is 3.51. The van der Waals surface area contributed by atoms with Gasteiger partial charge in [0, 0.05) is 12.1 Å². The van der Waals surface area contributed by atoms with Gasteiger partial charge in [-0.1, -0.05) is 60.7 Å². The number of ether oxygens (including phenoxy) is 3. The van der Waals surface area contributed by atoms with Crippen molar-refractivity contribution in [1.29, 1.82) is 0 Å². The average molecular weight is 392 g/mol. The van der Waals surface area contributed by atoms with E-state index >= 15 is 0 Å². The lowest BCUT2D eigenvalue weighted by Gasteiger charge is -2.16. The molecule has 0 aliphatic heterocycles. The number of aryl methyl sites for hydroxylation is 1. The lowest BCUT2D eigenvalue weighted by Crippen LogP contribution is -2.17. The molecular weight excluding hydrogens is 362 g/mol. The molecule has 152 valence electrons. The Hall–Kier alpha value is -2.98. The Morgan fingerprint density at radius 3 is 2.24 bits per heavy atom. The van der Waals surface area contributed by atoms with Gasteiger partial charge < -0.3 is 19.5 Å². The van der Waals surface area contributed by atoms with Crippen LogP contribution in [-0.4, -0.2) is 26.9 Å². The molecule has 3 aromatic rings. The summed E-state index contributed by atoms with van der Waals surface area (Å²) in [5.74, 6) is 2.37. The van der Waals surface area contributed by atoms with E-state index in [1.807, 2.05) is 42.5 Å². The number of rotatable bonds is 12. The van der Waals surface area contributed by atoms with Gasteiger partial charge in [0.05, 0.1) is 7.11 Å². The second-order valence-electron chi connectivity index (χ2n) is 6.72. The van der Waals surface area contributed by atoms with Crippen LogP contribution in [0.3, 0.4) is 0 Å². The van der Waals surface area contributed by atoms with Crippen LogP contribution in [0.1, 0.15) is 17.5 Å². The van der Waals surface area contributed by atoms with Crippen molar-refractivity contribution in [2.75, 3.05) is 26.9 Å². The van der Waals surface area contributed by atoms with Crippen molar-refractivity contribution < 1.29 is 14.2 Å². The number of hydrogen-bond donors (Lipinski definition) is 1. The number of benzene rings is 3. The zero-order chi connectivity index (χ0) is 20.2. The van der Waals surface area contributed by atoms with Gasteiger partial charge >= 0.3 is 0 Å². The van der Waals surface area contributed by atoms with Crippen LogP contribution in [-0.2, 0) is 13.0 Å². The van der Waals surface area contributed by atoms with Crippen LogP contribution in [0.25, 0.3) is 0 Å². The lowest BCUT2D eigenvalue weighted by atomic mass is 10.1. The third kappa shape index (κ3) is 6.84. The fourth-order valence-corrected chi connectivity index (χ4v) is 3.13. The molecule has 0 saturated carbocycles. The molecular formula is C25H29NO3. The molecule has 0 aliphatic carbocycles. The summed E-state index contributed by atoms with van der Waals surface area (Å²) in [6.07, 6.45) is 2.17. The van der Waals surface area contributed by atoms with Crippen LogP contribution in [0.4, 0.5) is 0 Å². The van der Waals surface area contributed by atoms with Crippen LogP contribution in [0.5, 0.6) is 17.2 Å². The first kappa shape index (κ1) is 20.7. The molecule has 0 bridgehead atoms. The Morgan fingerprint density at radius 2 is 1.48 bits per heavy atom. The number of methoxy groups -OCH3 is 1. The van der Waals surface area contributed by atoms with Crippen LogP contribution < -0.4 is 19.5 Å². The van der Waals surface area contributed by atoms with Crippen molar-refractivity contribution in [3.05, 3.63) is 90.0 Å². The fourth-order valence-electron chi connectivity index (χ4n) is 3.13. The van der Waals surface area contributed by atoms with Gasteiger partial charge in [0.25, 0.3) is 0 Å². The van der Waals surface area contributed by atoms with Crippen molar-refractivity contribution in [2.45, 2.75) is 19.4 Å². The van der Waals surface area contributed by atoms with E-state index in [0.717, 1.165) is 48.7 Å².